The molecule has 6 nitrogen and oxygen atoms in total. The Bertz CT molecular complexity index is 398. The SMILES string of the molecule is CC1CCN(Cc2nc(N)nc(N(C)C)n2)CC1. The average molecular weight is 250 g/mol. The Kier molecular flexibility index (Phi) is 3.96. The summed E-state index contributed by atoms with van der Waals surface area (Å²) in [5.74, 6) is 2.53. The molecule has 1 aromatic heterocycles. The van der Waals surface area contributed by atoms with E-state index in [4.69, 9.17) is 5.73 Å². The minimum absolute atomic E-state index is 0.300. The first-order valence-electron chi connectivity index (χ1n) is 6.44. The zero-order valence-electron chi connectivity index (χ0n) is 11.4. The molecular weight excluding hydrogens is 228 g/mol. The van der Waals surface area contributed by atoms with E-state index in [1.54, 1.807) is 0 Å². The predicted molar refractivity (Wildman–Crippen MR) is 72.2 cm³/mol. The van der Waals surface area contributed by atoms with E-state index in [2.05, 4.69) is 26.8 Å². The van der Waals surface area contributed by atoms with Gasteiger partial charge in [0, 0.05) is 14.1 Å². The summed E-state index contributed by atoms with van der Waals surface area (Å²) in [5, 5.41) is 0. The number of nitrogens with two attached hydrogens (primary N) is 1. The maximum atomic E-state index is 5.72. The molecule has 1 aliphatic heterocycles. The van der Waals surface area contributed by atoms with Crippen molar-refractivity contribution in [1.82, 2.24) is 19.9 Å². The number of hydrogen-bond acceptors (Lipinski definition) is 6. The first-order valence-corrected chi connectivity index (χ1v) is 6.44. The Morgan fingerprint density at radius 1 is 1.22 bits per heavy atom. The van der Waals surface area contributed by atoms with E-state index in [-0.39, 0.29) is 0 Å². The molecule has 0 spiro atoms. The van der Waals surface area contributed by atoms with Crippen LogP contribution >= 0.6 is 0 Å². The first kappa shape index (κ1) is 13.0. The molecule has 0 radical (unpaired) electrons. The van der Waals surface area contributed by atoms with E-state index < -0.39 is 0 Å². The van der Waals surface area contributed by atoms with Gasteiger partial charge in [0.05, 0.1) is 6.54 Å². The smallest absolute Gasteiger partial charge is 0.229 e. The molecule has 0 atom stereocenters. The van der Waals surface area contributed by atoms with Crippen LogP contribution in [0.2, 0.25) is 0 Å². The van der Waals surface area contributed by atoms with Crippen LogP contribution in [0.15, 0.2) is 0 Å². The Morgan fingerprint density at radius 2 is 1.89 bits per heavy atom. The van der Waals surface area contributed by atoms with E-state index >= 15 is 0 Å². The molecule has 0 aliphatic carbocycles. The molecular formula is C12H22N6. The van der Waals surface area contributed by atoms with Gasteiger partial charge in [-0.05, 0) is 31.8 Å². The van der Waals surface area contributed by atoms with Crippen molar-refractivity contribution < 1.29 is 0 Å². The predicted octanol–water partition coefficient (Wildman–Crippen LogP) is 0.752. The molecule has 1 aromatic rings. The summed E-state index contributed by atoms with van der Waals surface area (Å²) < 4.78 is 0. The van der Waals surface area contributed by atoms with Crippen LogP contribution in [0.3, 0.4) is 0 Å². The normalized spacial score (nSPS) is 17.9. The summed E-state index contributed by atoms with van der Waals surface area (Å²) in [5.41, 5.74) is 5.72. The van der Waals surface area contributed by atoms with E-state index in [1.807, 2.05) is 19.0 Å². The summed E-state index contributed by atoms with van der Waals surface area (Å²) in [7, 11) is 3.81. The van der Waals surface area contributed by atoms with Gasteiger partial charge < -0.3 is 10.6 Å². The number of likely N-dealkylation sites (tertiary alicyclic amines) is 1. The second-order valence-corrected chi connectivity index (χ2v) is 5.26. The first-order chi connectivity index (χ1) is 8.54. The molecule has 18 heavy (non-hydrogen) atoms. The summed E-state index contributed by atoms with van der Waals surface area (Å²) >= 11 is 0. The van der Waals surface area contributed by atoms with Gasteiger partial charge in [-0.3, -0.25) is 4.90 Å². The monoisotopic (exact) mass is 250 g/mol. The molecule has 0 bridgehead atoms. The lowest BCUT2D eigenvalue weighted by molar-refractivity contribution is 0.181. The van der Waals surface area contributed by atoms with Gasteiger partial charge in [-0.1, -0.05) is 6.92 Å². The molecule has 1 aliphatic rings. The minimum Gasteiger partial charge on any atom is -0.368 e. The number of rotatable bonds is 3. The van der Waals surface area contributed by atoms with Gasteiger partial charge in [-0.15, -0.1) is 0 Å². The number of hydrogen-bond donors (Lipinski definition) is 1. The molecule has 2 rings (SSSR count). The number of anilines is 2. The van der Waals surface area contributed by atoms with Crippen LogP contribution in [0.4, 0.5) is 11.9 Å². The summed E-state index contributed by atoms with van der Waals surface area (Å²) in [6.45, 7) is 5.30. The highest BCUT2D eigenvalue weighted by molar-refractivity contribution is 5.32. The molecule has 2 N–H and O–H groups in total. The Balaban J connectivity index is 2.04. The second kappa shape index (κ2) is 5.48. The summed E-state index contributed by atoms with van der Waals surface area (Å²) in [4.78, 5) is 17.0. The zero-order valence-corrected chi connectivity index (χ0v) is 11.4. The van der Waals surface area contributed by atoms with Crippen LogP contribution in [0.1, 0.15) is 25.6 Å². The fraction of sp³-hybridized carbons (Fsp3) is 0.750. The molecule has 2 heterocycles. The maximum absolute atomic E-state index is 5.72. The number of nitrogen functional groups attached to an aromatic ring is 1. The maximum Gasteiger partial charge on any atom is 0.229 e. The van der Waals surface area contributed by atoms with E-state index in [0.717, 1.165) is 31.4 Å². The number of aromatic nitrogens is 3. The van der Waals surface area contributed by atoms with Crippen LogP contribution < -0.4 is 10.6 Å². The standard InChI is InChI=1S/C12H22N6/c1-9-4-6-18(7-5-9)8-10-14-11(13)16-12(15-10)17(2)3/h9H,4-8H2,1-3H3,(H2,13,14,15,16). The van der Waals surface area contributed by atoms with Crippen molar-refractivity contribution >= 4 is 11.9 Å². The van der Waals surface area contributed by atoms with Gasteiger partial charge in [0.15, 0.2) is 0 Å². The third-order valence-electron chi connectivity index (χ3n) is 3.33. The van der Waals surface area contributed by atoms with Crippen LogP contribution in [0.25, 0.3) is 0 Å². The highest BCUT2D eigenvalue weighted by atomic mass is 15.3. The Labute approximate surface area is 108 Å². The van der Waals surface area contributed by atoms with Crippen molar-refractivity contribution in [1.29, 1.82) is 0 Å². The van der Waals surface area contributed by atoms with Crippen LogP contribution in [0.5, 0.6) is 0 Å². The van der Waals surface area contributed by atoms with Crippen molar-refractivity contribution in [2.75, 3.05) is 37.8 Å². The quantitative estimate of drug-likeness (QED) is 0.853. The van der Waals surface area contributed by atoms with Gasteiger partial charge in [0.25, 0.3) is 0 Å². The van der Waals surface area contributed by atoms with Crippen LogP contribution in [-0.4, -0.2) is 47.0 Å². The van der Waals surface area contributed by atoms with Gasteiger partial charge >= 0.3 is 0 Å². The molecule has 0 amide bonds. The lowest BCUT2D eigenvalue weighted by Crippen LogP contribution is -2.33. The van der Waals surface area contributed by atoms with E-state index in [9.17, 15) is 0 Å². The molecule has 6 heteroatoms. The molecule has 0 saturated carbocycles. The van der Waals surface area contributed by atoms with Gasteiger partial charge in [0.1, 0.15) is 5.82 Å². The van der Waals surface area contributed by atoms with Crippen molar-refractivity contribution in [2.45, 2.75) is 26.3 Å². The summed E-state index contributed by atoms with van der Waals surface area (Å²) in [6.07, 6.45) is 2.50. The van der Waals surface area contributed by atoms with E-state index in [1.165, 1.54) is 12.8 Å². The Morgan fingerprint density at radius 3 is 2.50 bits per heavy atom. The van der Waals surface area contributed by atoms with Gasteiger partial charge in [0.2, 0.25) is 11.9 Å². The molecule has 1 fully saturated rings. The van der Waals surface area contributed by atoms with Crippen LogP contribution in [0, 0.1) is 5.92 Å². The number of nitrogens with zero attached hydrogens (tertiary/aromatic N) is 5. The average Bonchev–Trinajstić information content (AvgIpc) is 2.31. The molecule has 1 saturated heterocycles. The minimum atomic E-state index is 0.300. The fourth-order valence-corrected chi connectivity index (χ4v) is 2.12. The van der Waals surface area contributed by atoms with E-state index in [0.29, 0.717) is 11.9 Å². The molecule has 0 unspecified atom stereocenters. The van der Waals surface area contributed by atoms with Crippen LogP contribution in [-0.2, 0) is 6.54 Å². The zero-order chi connectivity index (χ0) is 13.1. The third kappa shape index (κ3) is 3.29. The lowest BCUT2D eigenvalue weighted by atomic mass is 9.99. The lowest BCUT2D eigenvalue weighted by Gasteiger charge is -2.29. The highest BCUT2D eigenvalue weighted by Crippen LogP contribution is 2.17. The molecule has 100 valence electrons. The Hall–Kier alpha value is -1.43. The van der Waals surface area contributed by atoms with Crippen molar-refractivity contribution in [3.8, 4) is 0 Å². The van der Waals surface area contributed by atoms with Gasteiger partial charge in [-0.25, -0.2) is 0 Å². The highest BCUT2D eigenvalue weighted by Gasteiger charge is 2.17. The fourth-order valence-electron chi connectivity index (χ4n) is 2.12. The summed E-state index contributed by atoms with van der Waals surface area (Å²) in [6, 6.07) is 0. The van der Waals surface area contributed by atoms with Gasteiger partial charge in [-0.2, -0.15) is 15.0 Å². The second-order valence-electron chi connectivity index (χ2n) is 5.26. The molecule has 0 aromatic carbocycles. The largest absolute Gasteiger partial charge is 0.368 e. The van der Waals surface area contributed by atoms with Crippen molar-refractivity contribution in [3.63, 3.8) is 0 Å². The number of piperidine rings is 1. The third-order valence-corrected chi connectivity index (χ3v) is 3.33. The van der Waals surface area contributed by atoms with Crippen molar-refractivity contribution in [2.24, 2.45) is 5.92 Å². The topological polar surface area (TPSA) is 71.2 Å². The van der Waals surface area contributed by atoms with Crippen molar-refractivity contribution in [3.05, 3.63) is 5.82 Å².